The molecule has 1 heterocycles. The van der Waals surface area contributed by atoms with Crippen LogP contribution < -0.4 is 10.6 Å². The SMILES string of the molecule is CS(=O)(=O)c1nnc(CCCCCNC(=O)Nc2ccccc2)o1. The van der Waals surface area contributed by atoms with E-state index in [2.05, 4.69) is 20.8 Å². The van der Waals surface area contributed by atoms with Crippen molar-refractivity contribution in [3.05, 3.63) is 36.2 Å². The van der Waals surface area contributed by atoms with Crippen LogP contribution in [0, 0.1) is 0 Å². The van der Waals surface area contributed by atoms with Crippen molar-refractivity contribution in [3.8, 4) is 0 Å². The third-order valence-electron chi connectivity index (χ3n) is 3.15. The normalized spacial score (nSPS) is 11.2. The number of amides is 2. The number of aryl methyl sites for hydroxylation is 1. The molecular formula is C15H20N4O4S. The van der Waals surface area contributed by atoms with Gasteiger partial charge >= 0.3 is 11.3 Å². The number of carbonyl (C=O) groups excluding carboxylic acids is 1. The Morgan fingerprint density at radius 2 is 1.88 bits per heavy atom. The largest absolute Gasteiger partial charge is 0.413 e. The number of urea groups is 1. The lowest BCUT2D eigenvalue weighted by molar-refractivity contribution is 0.252. The van der Waals surface area contributed by atoms with Crippen LogP contribution >= 0.6 is 0 Å². The van der Waals surface area contributed by atoms with Gasteiger partial charge in [-0.3, -0.25) is 0 Å². The number of rotatable bonds is 8. The van der Waals surface area contributed by atoms with E-state index in [1.165, 1.54) is 0 Å². The maximum absolute atomic E-state index is 11.7. The van der Waals surface area contributed by atoms with Gasteiger partial charge in [0, 0.05) is 24.9 Å². The summed E-state index contributed by atoms with van der Waals surface area (Å²) < 4.78 is 27.5. The molecule has 0 saturated carbocycles. The van der Waals surface area contributed by atoms with Crippen LogP contribution in [-0.4, -0.2) is 37.4 Å². The summed E-state index contributed by atoms with van der Waals surface area (Å²) in [4.78, 5) is 11.7. The highest BCUT2D eigenvalue weighted by Crippen LogP contribution is 2.10. The van der Waals surface area contributed by atoms with Gasteiger partial charge in [-0.05, 0) is 25.0 Å². The minimum atomic E-state index is -3.45. The topological polar surface area (TPSA) is 114 Å². The minimum Gasteiger partial charge on any atom is -0.413 e. The van der Waals surface area contributed by atoms with Crippen molar-refractivity contribution in [2.45, 2.75) is 30.9 Å². The van der Waals surface area contributed by atoms with Crippen molar-refractivity contribution in [1.82, 2.24) is 15.5 Å². The maximum atomic E-state index is 11.7. The predicted molar refractivity (Wildman–Crippen MR) is 88.4 cm³/mol. The number of aromatic nitrogens is 2. The molecule has 0 bridgehead atoms. The Morgan fingerprint density at radius 3 is 2.54 bits per heavy atom. The zero-order chi connectivity index (χ0) is 17.4. The Hall–Kier alpha value is -2.42. The highest BCUT2D eigenvalue weighted by Gasteiger charge is 2.15. The van der Waals surface area contributed by atoms with Crippen molar-refractivity contribution >= 4 is 21.6 Å². The maximum Gasteiger partial charge on any atom is 0.335 e. The van der Waals surface area contributed by atoms with Crippen LogP contribution in [0.2, 0.25) is 0 Å². The summed E-state index contributed by atoms with van der Waals surface area (Å²) in [5.74, 6) is 0.310. The first-order chi connectivity index (χ1) is 11.4. The van der Waals surface area contributed by atoms with Crippen LogP contribution in [0.5, 0.6) is 0 Å². The van der Waals surface area contributed by atoms with Gasteiger partial charge in [0.2, 0.25) is 15.7 Å². The molecule has 0 unspecified atom stereocenters. The van der Waals surface area contributed by atoms with Crippen LogP contribution in [0.3, 0.4) is 0 Å². The molecule has 24 heavy (non-hydrogen) atoms. The molecule has 0 aliphatic carbocycles. The Bertz CT molecular complexity index is 759. The summed E-state index contributed by atoms with van der Waals surface area (Å²) >= 11 is 0. The number of benzene rings is 1. The van der Waals surface area contributed by atoms with Gasteiger partial charge in [-0.25, -0.2) is 13.2 Å². The molecule has 8 nitrogen and oxygen atoms in total. The summed E-state index contributed by atoms with van der Waals surface area (Å²) in [6, 6.07) is 8.97. The van der Waals surface area contributed by atoms with Crippen molar-refractivity contribution in [3.63, 3.8) is 0 Å². The lowest BCUT2D eigenvalue weighted by atomic mass is 10.2. The summed E-state index contributed by atoms with van der Waals surface area (Å²) in [6.45, 7) is 0.553. The first-order valence-electron chi connectivity index (χ1n) is 7.57. The number of anilines is 1. The van der Waals surface area contributed by atoms with Crippen LogP contribution in [0.25, 0.3) is 0 Å². The first kappa shape index (κ1) is 17.9. The van der Waals surface area contributed by atoms with Gasteiger partial charge in [-0.15, -0.1) is 5.10 Å². The van der Waals surface area contributed by atoms with Gasteiger partial charge in [0.1, 0.15) is 0 Å². The molecule has 2 N–H and O–H groups in total. The molecule has 1 aromatic carbocycles. The van der Waals surface area contributed by atoms with E-state index in [1.54, 1.807) is 0 Å². The molecule has 0 saturated heterocycles. The van der Waals surface area contributed by atoms with E-state index in [-0.39, 0.29) is 11.3 Å². The third-order valence-corrected chi connectivity index (χ3v) is 3.95. The second kappa shape index (κ2) is 8.44. The quantitative estimate of drug-likeness (QED) is 0.702. The molecule has 0 atom stereocenters. The molecular weight excluding hydrogens is 332 g/mol. The van der Waals surface area contributed by atoms with Gasteiger partial charge in [-0.2, -0.15) is 0 Å². The zero-order valence-corrected chi connectivity index (χ0v) is 14.2. The molecule has 0 fully saturated rings. The molecule has 9 heteroatoms. The molecule has 0 radical (unpaired) electrons. The van der Waals surface area contributed by atoms with E-state index in [9.17, 15) is 13.2 Å². The van der Waals surface area contributed by atoms with E-state index in [0.717, 1.165) is 31.2 Å². The molecule has 1 aromatic heterocycles. The highest BCUT2D eigenvalue weighted by atomic mass is 32.2. The van der Waals surface area contributed by atoms with E-state index in [1.807, 2.05) is 30.3 Å². The van der Waals surface area contributed by atoms with Crippen molar-refractivity contribution < 1.29 is 17.6 Å². The number of unbranched alkanes of at least 4 members (excludes halogenated alkanes) is 2. The highest BCUT2D eigenvalue weighted by molar-refractivity contribution is 7.90. The van der Waals surface area contributed by atoms with Gasteiger partial charge < -0.3 is 15.1 Å². The minimum absolute atomic E-state index is 0.240. The Labute approximate surface area is 140 Å². The number of carbonyl (C=O) groups is 1. The number of hydrogen-bond acceptors (Lipinski definition) is 6. The van der Waals surface area contributed by atoms with E-state index in [0.29, 0.717) is 18.9 Å². The number of sulfone groups is 1. The van der Waals surface area contributed by atoms with E-state index >= 15 is 0 Å². The zero-order valence-electron chi connectivity index (χ0n) is 13.4. The second-order valence-electron chi connectivity index (χ2n) is 5.29. The fourth-order valence-electron chi connectivity index (χ4n) is 1.97. The van der Waals surface area contributed by atoms with Gasteiger partial charge in [0.05, 0.1) is 0 Å². The molecule has 0 aliphatic heterocycles. The smallest absolute Gasteiger partial charge is 0.335 e. The summed E-state index contributed by atoms with van der Waals surface area (Å²) in [6.07, 6.45) is 3.96. The second-order valence-corrected chi connectivity index (χ2v) is 7.19. The van der Waals surface area contributed by atoms with Crippen molar-refractivity contribution in [2.75, 3.05) is 18.1 Å². The third kappa shape index (κ3) is 5.99. The molecule has 2 aromatic rings. The molecule has 0 spiro atoms. The van der Waals surface area contributed by atoms with Crippen LogP contribution in [0.15, 0.2) is 40.0 Å². The van der Waals surface area contributed by atoms with Crippen LogP contribution in [-0.2, 0) is 16.3 Å². The molecule has 0 aliphatic rings. The Kier molecular flexibility index (Phi) is 6.30. The molecule has 130 valence electrons. The summed E-state index contributed by atoms with van der Waals surface area (Å²) in [5.41, 5.74) is 0.744. The average Bonchev–Trinajstić information content (AvgIpc) is 3.01. The number of hydrogen-bond donors (Lipinski definition) is 2. The molecule has 2 amide bonds. The standard InChI is InChI=1S/C15H20N4O4S/c1-24(21,22)15-19-18-13(23-15)10-6-3-7-11-16-14(20)17-12-8-4-2-5-9-12/h2,4-5,8-9H,3,6-7,10-11H2,1H3,(H2,16,17,20). The van der Waals surface area contributed by atoms with Gasteiger partial charge in [0.25, 0.3) is 0 Å². The lowest BCUT2D eigenvalue weighted by Gasteiger charge is -2.07. The summed E-state index contributed by atoms with van der Waals surface area (Å²) in [5, 5.41) is 12.4. The average molecular weight is 352 g/mol. The number of nitrogens with one attached hydrogen (secondary N) is 2. The van der Waals surface area contributed by atoms with Crippen molar-refractivity contribution in [1.29, 1.82) is 0 Å². The predicted octanol–water partition coefficient (Wildman–Crippen LogP) is 2.01. The van der Waals surface area contributed by atoms with Gasteiger partial charge in [0.15, 0.2) is 0 Å². The monoisotopic (exact) mass is 352 g/mol. The number of nitrogens with zero attached hydrogens (tertiary/aromatic N) is 2. The van der Waals surface area contributed by atoms with E-state index < -0.39 is 9.84 Å². The van der Waals surface area contributed by atoms with E-state index in [4.69, 9.17) is 4.42 Å². The van der Waals surface area contributed by atoms with Gasteiger partial charge in [-0.1, -0.05) is 29.7 Å². The summed E-state index contributed by atoms with van der Waals surface area (Å²) in [7, 11) is -3.45. The lowest BCUT2D eigenvalue weighted by Crippen LogP contribution is -2.29. The van der Waals surface area contributed by atoms with Crippen LogP contribution in [0.4, 0.5) is 10.5 Å². The fourth-order valence-corrected chi connectivity index (χ4v) is 2.40. The fraction of sp³-hybridized carbons (Fsp3) is 0.400. The van der Waals surface area contributed by atoms with Crippen molar-refractivity contribution in [2.24, 2.45) is 0 Å². The number of para-hydroxylation sites is 1. The van der Waals surface area contributed by atoms with Crippen LogP contribution in [0.1, 0.15) is 25.2 Å². The first-order valence-corrected chi connectivity index (χ1v) is 9.46. The Balaban J connectivity index is 1.58. The molecule has 2 rings (SSSR count). The Morgan fingerprint density at radius 1 is 1.12 bits per heavy atom.